The summed E-state index contributed by atoms with van der Waals surface area (Å²) in [6.07, 6.45) is 1.59. The molecule has 0 radical (unpaired) electrons. The molecule has 0 amide bonds. The summed E-state index contributed by atoms with van der Waals surface area (Å²) in [5, 5.41) is 3.96. The minimum Gasteiger partial charge on any atom is -0.399 e. The van der Waals surface area contributed by atoms with E-state index in [0.717, 1.165) is 4.47 Å². The number of nitrogens with zero attached hydrogens (tertiary/aromatic N) is 2. The molecule has 0 spiro atoms. The summed E-state index contributed by atoms with van der Waals surface area (Å²) in [6, 6.07) is 6.82. The maximum absolute atomic E-state index is 12.1. The van der Waals surface area contributed by atoms with Crippen molar-refractivity contribution in [3.63, 3.8) is 0 Å². The molecular weight excluding hydrogens is 270 g/mol. The van der Waals surface area contributed by atoms with Crippen LogP contribution in [0.2, 0.25) is 0 Å². The van der Waals surface area contributed by atoms with Crippen molar-refractivity contribution in [3.05, 3.63) is 46.2 Å². The van der Waals surface area contributed by atoms with Crippen LogP contribution < -0.4 is 5.73 Å². The van der Waals surface area contributed by atoms with Crippen LogP contribution in [-0.2, 0) is 7.05 Å². The topological polar surface area (TPSA) is 60.9 Å². The Kier molecular flexibility index (Phi) is 2.78. The lowest BCUT2D eigenvalue weighted by molar-refractivity contribution is 0.103. The van der Waals surface area contributed by atoms with E-state index in [0.29, 0.717) is 16.9 Å². The average Bonchev–Trinajstić information content (AvgIpc) is 2.62. The van der Waals surface area contributed by atoms with Gasteiger partial charge < -0.3 is 5.73 Å². The highest BCUT2D eigenvalue weighted by Crippen LogP contribution is 2.19. The molecule has 1 aromatic carbocycles. The van der Waals surface area contributed by atoms with E-state index in [1.165, 1.54) is 0 Å². The minimum absolute atomic E-state index is 0.0898. The smallest absolute Gasteiger partial charge is 0.211 e. The fraction of sp³-hybridized carbons (Fsp3) is 0.0909. The van der Waals surface area contributed by atoms with Crippen LogP contribution in [0.25, 0.3) is 0 Å². The number of hydrogen-bond acceptors (Lipinski definition) is 3. The van der Waals surface area contributed by atoms with Gasteiger partial charge in [-0.2, -0.15) is 5.10 Å². The molecular formula is C11H10BrN3O. The normalized spacial score (nSPS) is 10.4. The van der Waals surface area contributed by atoms with Gasteiger partial charge in [0.1, 0.15) is 5.69 Å². The van der Waals surface area contributed by atoms with Gasteiger partial charge in [0, 0.05) is 29.0 Å². The van der Waals surface area contributed by atoms with Crippen molar-refractivity contribution in [3.8, 4) is 0 Å². The molecule has 1 aromatic heterocycles. The third-order valence-electron chi connectivity index (χ3n) is 2.24. The number of carbonyl (C=O) groups is 1. The molecule has 0 atom stereocenters. The molecule has 4 nitrogen and oxygen atoms in total. The first-order valence-corrected chi connectivity index (χ1v) is 5.46. The fourth-order valence-electron chi connectivity index (χ4n) is 1.49. The summed E-state index contributed by atoms with van der Waals surface area (Å²) < 4.78 is 2.33. The van der Waals surface area contributed by atoms with Crippen molar-refractivity contribution < 1.29 is 4.79 Å². The standard InChI is InChI=1S/C11H10BrN3O/c1-15-10(2-3-14-15)11(16)7-4-8(12)6-9(13)5-7/h2-6H,13H2,1H3. The zero-order valence-corrected chi connectivity index (χ0v) is 10.2. The van der Waals surface area contributed by atoms with Gasteiger partial charge in [-0.05, 0) is 24.3 Å². The molecule has 0 bridgehead atoms. The van der Waals surface area contributed by atoms with Crippen molar-refractivity contribution in [1.29, 1.82) is 0 Å². The van der Waals surface area contributed by atoms with Gasteiger partial charge in [-0.1, -0.05) is 15.9 Å². The first-order valence-electron chi connectivity index (χ1n) is 4.66. The van der Waals surface area contributed by atoms with Crippen LogP contribution >= 0.6 is 15.9 Å². The molecule has 2 aromatic rings. The molecule has 5 heteroatoms. The van der Waals surface area contributed by atoms with E-state index in [2.05, 4.69) is 21.0 Å². The number of nitrogen functional groups attached to an aromatic ring is 1. The van der Waals surface area contributed by atoms with Gasteiger partial charge >= 0.3 is 0 Å². The molecule has 16 heavy (non-hydrogen) atoms. The van der Waals surface area contributed by atoms with Gasteiger partial charge in [-0.15, -0.1) is 0 Å². The molecule has 0 aliphatic heterocycles. The number of nitrogens with two attached hydrogens (primary N) is 1. The monoisotopic (exact) mass is 279 g/mol. The summed E-state index contributed by atoms with van der Waals surface area (Å²) in [5.74, 6) is -0.0898. The highest BCUT2D eigenvalue weighted by atomic mass is 79.9. The van der Waals surface area contributed by atoms with E-state index in [-0.39, 0.29) is 5.78 Å². The highest BCUT2D eigenvalue weighted by Gasteiger charge is 2.13. The van der Waals surface area contributed by atoms with Crippen LogP contribution in [-0.4, -0.2) is 15.6 Å². The molecule has 0 saturated heterocycles. The van der Waals surface area contributed by atoms with Gasteiger partial charge in [-0.3, -0.25) is 9.48 Å². The van der Waals surface area contributed by atoms with E-state index in [9.17, 15) is 4.79 Å². The van der Waals surface area contributed by atoms with Crippen molar-refractivity contribution >= 4 is 27.4 Å². The molecule has 0 unspecified atom stereocenters. The Bertz CT molecular complexity index is 528. The predicted octanol–water partition coefficient (Wildman–Crippen LogP) is 2.00. The van der Waals surface area contributed by atoms with Crippen LogP contribution in [0, 0.1) is 0 Å². The molecule has 0 fully saturated rings. The fourth-order valence-corrected chi connectivity index (χ4v) is 2.00. The van der Waals surface area contributed by atoms with Gasteiger partial charge in [0.25, 0.3) is 0 Å². The summed E-state index contributed by atoms with van der Waals surface area (Å²) in [6.45, 7) is 0. The molecule has 82 valence electrons. The first kappa shape index (κ1) is 10.9. The van der Waals surface area contributed by atoms with E-state index in [1.54, 1.807) is 42.2 Å². The maximum Gasteiger partial charge on any atom is 0.211 e. The van der Waals surface area contributed by atoms with E-state index < -0.39 is 0 Å². The SMILES string of the molecule is Cn1nccc1C(=O)c1cc(N)cc(Br)c1. The van der Waals surface area contributed by atoms with Gasteiger partial charge in [-0.25, -0.2) is 0 Å². The number of ketones is 1. The Morgan fingerprint density at radius 2 is 2.19 bits per heavy atom. The number of rotatable bonds is 2. The predicted molar refractivity (Wildman–Crippen MR) is 65.2 cm³/mol. The number of carbonyl (C=O) groups excluding carboxylic acids is 1. The second-order valence-corrected chi connectivity index (χ2v) is 4.36. The Morgan fingerprint density at radius 3 is 2.75 bits per heavy atom. The number of aryl methyl sites for hydroxylation is 1. The molecule has 2 rings (SSSR count). The zero-order valence-electron chi connectivity index (χ0n) is 8.64. The van der Waals surface area contributed by atoms with E-state index >= 15 is 0 Å². The Labute approximate surface area is 101 Å². The van der Waals surface area contributed by atoms with Crippen LogP contribution in [0.4, 0.5) is 5.69 Å². The van der Waals surface area contributed by atoms with Crippen LogP contribution in [0.5, 0.6) is 0 Å². The Hall–Kier alpha value is -1.62. The summed E-state index contributed by atoms with van der Waals surface area (Å²) in [5.41, 5.74) is 7.33. The summed E-state index contributed by atoms with van der Waals surface area (Å²) in [7, 11) is 1.73. The van der Waals surface area contributed by atoms with E-state index in [4.69, 9.17) is 5.73 Å². The van der Waals surface area contributed by atoms with Gasteiger partial charge in [0.05, 0.1) is 0 Å². The summed E-state index contributed by atoms with van der Waals surface area (Å²) in [4.78, 5) is 12.1. The molecule has 0 aliphatic rings. The van der Waals surface area contributed by atoms with Crippen molar-refractivity contribution in [2.24, 2.45) is 7.05 Å². The second kappa shape index (κ2) is 4.09. The lowest BCUT2D eigenvalue weighted by Crippen LogP contribution is -2.08. The van der Waals surface area contributed by atoms with Gasteiger partial charge in [0.15, 0.2) is 0 Å². The number of hydrogen-bond donors (Lipinski definition) is 1. The molecule has 0 aliphatic carbocycles. The quantitative estimate of drug-likeness (QED) is 0.676. The van der Waals surface area contributed by atoms with Crippen LogP contribution in [0.1, 0.15) is 16.1 Å². The molecule has 2 N–H and O–H groups in total. The highest BCUT2D eigenvalue weighted by molar-refractivity contribution is 9.10. The zero-order chi connectivity index (χ0) is 11.7. The third kappa shape index (κ3) is 1.99. The largest absolute Gasteiger partial charge is 0.399 e. The Balaban J connectivity index is 2.45. The number of aromatic nitrogens is 2. The minimum atomic E-state index is -0.0898. The second-order valence-electron chi connectivity index (χ2n) is 3.44. The van der Waals surface area contributed by atoms with Crippen molar-refractivity contribution in [2.45, 2.75) is 0 Å². The number of halogens is 1. The summed E-state index contributed by atoms with van der Waals surface area (Å²) >= 11 is 3.31. The van der Waals surface area contributed by atoms with Crippen LogP contribution in [0.15, 0.2) is 34.9 Å². The maximum atomic E-state index is 12.1. The lowest BCUT2D eigenvalue weighted by Gasteiger charge is -2.03. The van der Waals surface area contributed by atoms with Gasteiger partial charge in [0.2, 0.25) is 5.78 Å². The average molecular weight is 280 g/mol. The number of anilines is 1. The third-order valence-corrected chi connectivity index (χ3v) is 2.69. The van der Waals surface area contributed by atoms with Crippen LogP contribution in [0.3, 0.4) is 0 Å². The first-order chi connectivity index (χ1) is 7.58. The van der Waals surface area contributed by atoms with Crippen molar-refractivity contribution in [2.75, 3.05) is 5.73 Å². The van der Waals surface area contributed by atoms with Crippen molar-refractivity contribution in [1.82, 2.24) is 9.78 Å². The molecule has 0 saturated carbocycles. The van der Waals surface area contributed by atoms with E-state index in [1.807, 2.05) is 0 Å². The molecule has 1 heterocycles. The lowest BCUT2D eigenvalue weighted by atomic mass is 10.1. The Morgan fingerprint density at radius 1 is 1.44 bits per heavy atom. The number of benzene rings is 1.